The molecule has 0 aliphatic carbocycles. The van der Waals surface area contributed by atoms with Gasteiger partial charge in [0.1, 0.15) is 0 Å². The molecule has 0 spiro atoms. The minimum absolute atomic E-state index is 0.0990. The molecular formula is C12H18N2O. The maximum absolute atomic E-state index is 11.3. The molecule has 0 heterocycles. The minimum atomic E-state index is -0.251. The van der Waals surface area contributed by atoms with Crippen molar-refractivity contribution in [3.8, 4) is 0 Å². The van der Waals surface area contributed by atoms with E-state index in [1.807, 2.05) is 19.1 Å². The van der Waals surface area contributed by atoms with Crippen LogP contribution in [0.3, 0.4) is 0 Å². The van der Waals surface area contributed by atoms with E-state index in [-0.39, 0.29) is 11.3 Å². The van der Waals surface area contributed by atoms with Gasteiger partial charge in [0.25, 0.3) is 5.91 Å². The van der Waals surface area contributed by atoms with Crippen LogP contribution >= 0.6 is 0 Å². The monoisotopic (exact) mass is 206 g/mol. The van der Waals surface area contributed by atoms with Gasteiger partial charge in [0.15, 0.2) is 0 Å². The van der Waals surface area contributed by atoms with Crippen LogP contribution in [0.15, 0.2) is 18.2 Å². The van der Waals surface area contributed by atoms with Gasteiger partial charge >= 0.3 is 0 Å². The molecule has 1 rings (SSSR count). The second-order valence-electron chi connectivity index (χ2n) is 4.75. The topological polar surface area (TPSA) is 55.1 Å². The Morgan fingerprint density at radius 1 is 1.33 bits per heavy atom. The van der Waals surface area contributed by atoms with Crippen molar-refractivity contribution in [1.82, 2.24) is 5.43 Å². The Morgan fingerprint density at radius 3 is 2.33 bits per heavy atom. The van der Waals surface area contributed by atoms with Gasteiger partial charge in [0, 0.05) is 5.56 Å². The number of nitrogen functional groups attached to an aromatic ring is 1. The Labute approximate surface area is 90.6 Å². The zero-order valence-corrected chi connectivity index (χ0v) is 9.72. The molecule has 3 nitrogen and oxygen atoms in total. The number of carbonyl (C=O) groups excluding carboxylic acids is 1. The summed E-state index contributed by atoms with van der Waals surface area (Å²) in [6, 6.07) is 5.65. The van der Waals surface area contributed by atoms with Gasteiger partial charge in [-0.15, -0.1) is 0 Å². The fourth-order valence-electron chi connectivity index (χ4n) is 1.73. The summed E-state index contributed by atoms with van der Waals surface area (Å²) < 4.78 is 0. The lowest BCUT2D eigenvalue weighted by atomic mass is 9.83. The molecule has 1 aromatic rings. The number of hydrogen-bond donors (Lipinski definition) is 2. The Kier molecular flexibility index (Phi) is 3.15. The summed E-state index contributed by atoms with van der Waals surface area (Å²) in [6.07, 6.45) is 0. The first-order valence-electron chi connectivity index (χ1n) is 4.98. The number of rotatable bonds is 1. The van der Waals surface area contributed by atoms with Crippen LogP contribution < -0.4 is 11.3 Å². The first-order valence-corrected chi connectivity index (χ1v) is 4.98. The number of carbonyl (C=O) groups is 1. The van der Waals surface area contributed by atoms with E-state index in [4.69, 9.17) is 5.84 Å². The molecule has 1 aromatic carbocycles. The van der Waals surface area contributed by atoms with Crippen molar-refractivity contribution >= 4 is 5.91 Å². The van der Waals surface area contributed by atoms with Gasteiger partial charge in [-0.05, 0) is 35.6 Å². The molecule has 82 valence electrons. The van der Waals surface area contributed by atoms with E-state index < -0.39 is 0 Å². The summed E-state index contributed by atoms with van der Waals surface area (Å²) in [5.74, 6) is 4.83. The molecular weight excluding hydrogens is 188 g/mol. The van der Waals surface area contributed by atoms with E-state index >= 15 is 0 Å². The SMILES string of the molecule is Cc1cc(C(=O)NN)ccc1C(C)(C)C. The average molecular weight is 206 g/mol. The lowest BCUT2D eigenvalue weighted by molar-refractivity contribution is 0.0953. The zero-order valence-electron chi connectivity index (χ0n) is 9.72. The van der Waals surface area contributed by atoms with E-state index in [0.29, 0.717) is 5.56 Å². The van der Waals surface area contributed by atoms with Gasteiger partial charge in [0.2, 0.25) is 0 Å². The predicted octanol–water partition coefficient (Wildman–Crippen LogP) is 1.90. The number of benzene rings is 1. The normalized spacial score (nSPS) is 11.3. The van der Waals surface area contributed by atoms with Gasteiger partial charge < -0.3 is 0 Å². The summed E-state index contributed by atoms with van der Waals surface area (Å²) in [5, 5.41) is 0. The summed E-state index contributed by atoms with van der Waals surface area (Å²) in [6.45, 7) is 8.46. The van der Waals surface area contributed by atoms with Crippen LogP contribution in [0.25, 0.3) is 0 Å². The van der Waals surface area contributed by atoms with Crippen LogP contribution in [0.5, 0.6) is 0 Å². The van der Waals surface area contributed by atoms with Crippen molar-refractivity contribution in [2.75, 3.05) is 0 Å². The number of nitrogens with one attached hydrogen (secondary N) is 1. The minimum Gasteiger partial charge on any atom is -0.290 e. The number of nitrogens with two attached hydrogens (primary N) is 1. The summed E-state index contributed by atoms with van der Waals surface area (Å²) >= 11 is 0. The molecule has 0 atom stereocenters. The van der Waals surface area contributed by atoms with Crippen molar-refractivity contribution in [2.45, 2.75) is 33.1 Å². The maximum Gasteiger partial charge on any atom is 0.265 e. The lowest BCUT2D eigenvalue weighted by Crippen LogP contribution is -2.30. The van der Waals surface area contributed by atoms with E-state index in [9.17, 15) is 4.79 Å². The van der Waals surface area contributed by atoms with Crippen molar-refractivity contribution in [3.05, 3.63) is 34.9 Å². The van der Waals surface area contributed by atoms with Crippen LogP contribution in [-0.2, 0) is 5.41 Å². The van der Waals surface area contributed by atoms with E-state index in [2.05, 4.69) is 26.2 Å². The van der Waals surface area contributed by atoms with Crippen molar-refractivity contribution in [3.63, 3.8) is 0 Å². The van der Waals surface area contributed by atoms with Crippen molar-refractivity contribution in [2.24, 2.45) is 5.84 Å². The molecule has 0 fully saturated rings. The Hall–Kier alpha value is -1.35. The summed E-state index contributed by atoms with van der Waals surface area (Å²) in [4.78, 5) is 11.3. The van der Waals surface area contributed by atoms with Crippen LogP contribution in [-0.4, -0.2) is 5.91 Å². The smallest absolute Gasteiger partial charge is 0.265 e. The molecule has 0 unspecified atom stereocenters. The third-order valence-corrected chi connectivity index (χ3v) is 2.43. The average Bonchev–Trinajstić information content (AvgIpc) is 2.14. The molecule has 0 saturated heterocycles. The molecule has 15 heavy (non-hydrogen) atoms. The molecule has 0 aliphatic rings. The van der Waals surface area contributed by atoms with E-state index in [0.717, 1.165) is 5.56 Å². The van der Waals surface area contributed by atoms with Gasteiger partial charge in [-0.1, -0.05) is 26.8 Å². The number of hydrazine groups is 1. The predicted molar refractivity (Wildman–Crippen MR) is 61.5 cm³/mol. The largest absolute Gasteiger partial charge is 0.290 e. The van der Waals surface area contributed by atoms with Crippen LogP contribution in [0.1, 0.15) is 42.3 Å². The molecule has 3 heteroatoms. The quantitative estimate of drug-likeness (QED) is 0.419. The molecule has 3 N–H and O–H groups in total. The molecule has 0 bridgehead atoms. The highest BCUT2D eigenvalue weighted by Crippen LogP contribution is 2.25. The molecule has 0 saturated carbocycles. The maximum atomic E-state index is 11.3. The second kappa shape index (κ2) is 4.03. The Bertz CT molecular complexity index is 378. The molecule has 1 amide bonds. The zero-order chi connectivity index (χ0) is 11.6. The van der Waals surface area contributed by atoms with Gasteiger partial charge in [-0.2, -0.15) is 0 Å². The van der Waals surface area contributed by atoms with Gasteiger partial charge in [-0.25, -0.2) is 5.84 Å². The highest BCUT2D eigenvalue weighted by Gasteiger charge is 2.17. The highest BCUT2D eigenvalue weighted by atomic mass is 16.2. The first kappa shape index (κ1) is 11.7. The summed E-state index contributed by atoms with van der Waals surface area (Å²) in [5.41, 5.74) is 5.19. The number of aryl methyl sites for hydroxylation is 1. The number of amides is 1. The van der Waals surface area contributed by atoms with Crippen LogP contribution in [0, 0.1) is 6.92 Å². The lowest BCUT2D eigenvalue weighted by Gasteiger charge is -2.21. The molecule has 0 aliphatic heterocycles. The standard InChI is InChI=1S/C12H18N2O/c1-8-7-9(11(15)14-13)5-6-10(8)12(2,3)4/h5-7H,13H2,1-4H3,(H,14,15). The highest BCUT2D eigenvalue weighted by molar-refractivity contribution is 5.94. The Morgan fingerprint density at radius 2 is 1.93 bits per heavy atom. The third-order valence-electron chi connectivity index (χ3n) is 2.43. The fraction of sp³-hybridized carbons (Fsp3) is 0.417. The first-order chi connectivity index (χ1) is 6.86. The van der Waals surface area contributed by atoms with Crippen molar-refractivity contribution in [1.29, 1.82) is 0 Å². The molecule has 0 radical (unpaired) electrons. The second-order valence-corrected chi connectivity index (χ2v) is 4.75. The fourth-order valence-corrected chi connectivity index (χ4v) is 1.73. The van der Waals surface area contributed by atoms with Crippen LogP contribution in [0.4, 0.5) is 0 Å². The molecule has 0 aromatic heterocycles. The number of hydrogen-bond acceptors (Lipinski definition) is 2. The third kappa shape index (κ3) is 2.57. The Balaban J connectivity index is 3.15. The van der Waals surface area contributed by atoms with Crippen molar-refractivity contribution < 1.29 is 4.79 Å². The summed E-state index contributed by atoms with van der Waals surface area (Å²) in [7, 11) is 0. The van der Waals surface area contributed by atoms with E-state index in [1.54, 1.807) is 6.07 Å². The van der Waals surface area contributed by atoms with Crippen LogP contribution in [0.2, 0.25) is 0 Å². The van der Waals surface area contributed by atoms with E-state index in [1.165, 1.54) is 5.56 Å². The van der Waals surface area contributed by atoms with Gasteiger partial charge in [0.05, 0.1) is 0 Å². The van der Waals surface area contributed by atoms with Gasteiger partial charge in [-0.3, -0.25) is 10.2 Å².